The van der Waals surface area contributed by atoms with Crippen LogP contribution in [-0.2, 0) is 19.6 Å². The summed E-state index contributed by atoms with van der Waals surface area (Å²) in [5.74, 6) is 0. The summed E-state index contributed by atoms with van der Waals surface area (Å²) >= 11 is 0. The highest BCUT2D eigenvalue weighted by atomic mass is 15.1. The molecule has 0 saturated carbocycles. The molecule has 108 valence electrons. The molecule has 0 amide bonds. The van der Waals surface area contributed by atoms with Gasteiger partial charge in [-0.3, -0.25) is 4.90 Å². The molecule has 0 atom stereocenters. The van der Waals surface area contributed by atoms with Crippen molar-refractivity contribution in [2.24, 2.45) is 0 Å². The molecule has 0 fully saturated rings. The van der Waals surface area contributed by atoms with Crippen LogP contribution in [0.25, 0.3) is 0 Å². The molecule has 3 nitrogen and oxygen atoms in total. The minimum Gasteiger partial charge on any atom is -0.364 e. The molecule has 0 saturated heterocycles. The van der Waals surface area contributed by atoms with Gasteiger partial charge in [-0.2, -0.15) is 0 Å². The molecule has 0 aliphatic heterocycles. The monoisotopic (exact) mass is 271 g/mol. The average Bonchev–Trinajstić information content (AvgIpc) is 2.99. The predicted molar refractivity (Wildman–Crippen MR) is 84.4 cm³/mol. The highest BCUT2D eigenvalue weighted by molar-refractivity contribution is 5.27. The molecule has 0 aliphatic rings. The number of benzene rings is 1. The van der Waals surface area contributed by atoms with E-state index in [1.54, 1.807) is 0 Å². The van der Waals surface area contributed by atoms with Gasteiger partial charge in [-0.25, -0.2) is 0 Å². The van der Waals surface area contributed by atoms with Crippen molar-refractivity contribution in [3.63, 3.8) is 0 Å². The van der Waals surface area contributed by atoms with E-state index in [4.69, 9.17) is 0 Å². The van der Waals surface area contributed by atoms with E-state index in [0.29, 0.717) is 0 Å². The van der Waals surface area contributed by atoms with Crippen molar-refractivity contribution >= 4 is 0 Å². The summed E-state index contributed by atoms with van der Waals surface area (Å²) in [6.45, 7) is 9.46. The van der Waals surface area contributed by atoms with Crippen molar-refractivity contribution in [1.82, 2.24) is 15.2 Å². The molecule has 2 rings (SSSR count). The van der Waals surface area contributed by atoms with E-state index >= 15 is 0 Å². The highest BCUT2D eigenvalue weighted by Crippen LogP contribution is 2.12. The number of aromatic amines is 1. The Labute approximate surface area is 122 Å². The average molecular weight is 271 g/mol. The number of rotatable bonds is 8. The quantitative estimate of drug-likeness (QED) is 0.773. The molecule has 0 spiro atoms. The lowest BCUT2D eigenvalue weighted by Crippen LogP contribution is -2.23. The summed E-state index contributed by atoms with van der Waals surface area (Å²) in [7, 11) is 0. The van der Waals surface area contributed by atoms with Crippen molar-refractivity contribution in [3.8, 4) is 0 Å². The van der Waals surface area contributed by atoms with E-state index in [9.17, 15) is 0 Å². The Morgan fingerprint density at radius 2 is 1.70 bits per heavy atom. The van der Waals surface area contributed by atoms with Gasteiger partial charge in [0.2, 0.25) is 0 Å². The zero-order chi connectivity index (χ0) is 14.2. The van der Waals surface area contributed by atoms with Gasteiger partial charge in [-0.1, -0.05) is 38.1 Å². The van der Waals surface area contributed by atoms with Crippen LogP contribution in [-0.4, -0.2) is 23.0 Å². The first-order chi connectivity index (χ1) is 9.83. The maximum atomic E-state index is 3.50. The summed E-state index contributed by atoms with van der Waals surface area (Å²) in [5, 5.41) is 3.50. The molecular formula is C17H25N3. The standard InChI is InChI=1S/C17H25N3/c1-3-20(4-2)14-16-9-6-5-8-15(16)12-18-13-17-10-7-11-19-17/h5-11,18-19H,3-4,12-14H2,1-2H3. The first-order valence-corrected chi connectivity index (χ1v) is 7.45. The number of hydrogen-bond acceptors (Lipinski definition) is 2. The molecule has 0 radical (unpaired) electrons. The molecule has 0 aliphatic carbocycles. The first-order valence-electron chi connectivity index (χ1n) is 7.45. The Hall–Kier alpha value is -1.58. The second-order valence-electron chi connectivity index (χ2n) is 5.03. The van der Waals surface area contributed by atoms with Crippen LogP contribution >= 0.6 is 0 Å². The Balaban J connectivity index is 1.93. The third kappa shape index (κ3) is 4.22. The number of H-pyrrole nitrogens is 1. The lowest BCUT2D eigenvalue weighted by atomic mass is 10.1. The smallest absolute Gasteiger partial charge is 0.0360 e. The van der Waals surface area contributed by atoms with Crippen LogP contribution in [0.3, 0.4) is 0 Å². The topological polar surface area (TPSA) is 31.1 Å². The largest absolute Gasteiger partial charge is 0.364 e. The van der Waals surface area contributed by atoms with Gasteiger partial charge in [0.15, 0.2) is 0 Å². The molecule has 1 aromatic heterocycles. The molecule has 0 unspecified atom stereocenters. The Kier molecular flexibility index (Phi) is 5.84. The minimum absolute atomic E-state index is 0.882. The zero-order valence-electron chi connectivity index (χ0n) is 12.5. The summed E-state index contributed by atoms with van der Waals surface area (Å²) in [4.78, 5) is 5.67. The van der Waals surface area contributed by atoms with E-state index < -0.39 is 0 Å². The van der Waals surface area contributed by atoms with E-state index in [-0.39, 0.29) is 0 Å². The van der Waals surface area contributed by atoms with Gasteiger partial charge < -0.3 is 10.3 Å². The Bertz CT molecular complexity index is 487. The van der Waals surface area contributed by atoms with Crippen LogP contribution < -0.4 is 5.32 Å². The van der Waals surface area contributed by atoms with Crippen LogP contribution in [0.5, 0.6) is 0 Å². The first kappa shape index (κ1) is 14.8. The number of nitrogens with zero attached hydrogens (tertiary/aromatic N) is 1. The molecular weight excluding hydrogens is 246 g/mol. The minimum atomic E-state index is 0.882. The summed E-state index contributed by atoms with van der Waals surface area (Å²) < 4.78 is 0. The third-order valence-corrected chi connectivity index (χ3v) is 3.70. The fourth-order valence-electron chi connectivity index (χ4n) is 2.38. The van der Waals surface area contributed by atoms with E-state index in [0.717, 1.165) is 32.7 Å². The molecule has 2 aromatic rings. The highest BCUT2D eigenvalue weighted by Gasteiger charge is 2.05. The van der Waals surface area contributed by atoms with E-state index in [1.807, 2.05) is 12.3 Å². The van der Waals surface area contributed by atoms with Gasteiger partial charge in [-0.15, -0.1) is 0 Å². The maximum Gasteiger partial charge on any atom is 0.0360 e. The van der Waals surface area contributed by atoms with Crippen molar-refractivity contribution in [2.75, 3.05) is 13.1 Å². The summed E-state index contributed by atoms with van der Waals surface area (Å²) in [6, 6.07) is 12.9. The lowest BCUT2D eigenvalue weighted by Gasteiger charge is -2.20. The Morgan fingerprint density at radius 1 is 0.950 bits per heavy atom. The van der Waals surface area contributed by atoms with Crippen molar-refractivity contribution in [2.45, 2.75) is 33.5 Å². The van der Waals surface area contributed by atoms with Crippen LogP contribution in [0.15, 0.2) is 42.6 Å². The predicted octanol–water partition coefficient (Wildman–Crippen LogP) is 3.15. The molecule has 20 heavy (non-hydrogen) atoms. The van der Waals surface area contributed by atoms with Crippen LogP contribution in [0.1, 0.15) is 30.7 Å². The lowest BCUT2D eigenvalue weighted by molar-refractivity contribution is 0.294. The molecule has 2 N–H and O–H groups in total. The van der Waals surface area contributed by atoms with Crippen molar-refractivity contribution in [3.05, 3.63) is 59.4 Å². The van der Waals surface area contributed by atoms with Gasteiger partial charge in [0.05, 0.1) is 0 Å². The van der Waals surface area contributed by atoms with E-state index in [1.165, 1.54) is 16.8 Å². The Morgan fingerprint density at radius 3 is 2.35 bits per heavy atom. The molecule has 3 heteroatoms. The second kappa shape index (κ2) is 7.88. The second-order valence-corrected chi connectivity index (χ2v) is 5.03. The fraction of sp³-hybridized carbons (Fsp3) is 0.412. The normalized spacial score (nSPS) is 11.2. The SMILES string of the molecule is CCN(CC)Cc1ccccc1CNCc1ccc[nH]1. The van der Waals surface area contributed by atoms with E-state index in [2.05, 4.69) is 59.4 Å². The van der Waals surface area contributed by atoms with Gasteiger partial charge in [0.1, 0.15) is 0 Å². The molecule has 0 bridgehead atoms. The van der Waals surface area contributed by atoms with Crippen LogP contribution in [0, 0.1) is 0 Å². The zero-order valence-corrected chi connectivity index (χ0v) is 12.5. The number of hydrogen-bond donors (Lipinski definition) is 2. The summed E-state index contributed by atoms with van der Waals surface area (Å²) in [6.07, 6.45) is 1.96. The molecule has 1 heterocycles. The number of aromatic nitrogens is 1. The molecule has 1 aromatic carbocycles. The van der Waals surface area contributed by atoms with Crippen molar-refractivity contribution in [1.29, 1.82) is 0 Å². The van der Waals surface area contributed by atoms with Gasteiger partial charge in [0, 0.05) is 31.5 Å². The van der Waals surface area contributed by atoms with Gasteiger partial charge >= 0.3 is 0 Å². The van der Waals surface area contributed by atoms with Crippen molar-refractivity contribution < 1.29 is 0 Å². The third-order valence-electron chi connectivity index (χ3n) is 3.70. The van der Waals surface area contributed by atoms with Crippen LogP contribution in [0.2, 0.25) is 0 Å². The maximum absolute atomic E-state index is 3.50. The van der Waals surface area contributed by atoms with Gasteiger partial charge in [0.25, 0.3) is 0 Å². The fourth-order valence-corrected chi connectivity index (χ4v) is 2.38. The summed E-state index contributed by atoms with van der Waals surface area (Å²) in [5.41, 5.74) is 4.05. The van der Waals surface area contributed by atoms with Gasteiger partial charge in [-0.05, 0) is 36.3 Å². The van der Waals surface area contributed by atoms with Crippen LogP contribution in [0.4, 0.5) is 0 Å². The number of nitrogens with one attached hydrogen (secondary N) is 2.